The summed E-state index contributed by atoms with van der Waals surface area (Å²) < 4.78 is 44.5. The van der Waals surface area contributed by atoms with E-state index < -0.39 is 29.2 Å². The second-order valence-electron chi connectivity index (χ2n) is 8.80. The minimum atomic E-state index is -1.81. The molecule has 1 atom stereocenters. The lowest BCUT2D eigenvalue weighted by molar-refractivity contribution is 0.0787. The standard InChI is InChI=1S/C25H25F3N4O2/c1-5-32-12-18-15(24(32)34)6-7-29-23(18)30-13(2)16-10-20(27)17(11-19(16)26)21-8-14(25(3,4)28)9-22(33)31-21/h6-11,13H,5,12H2,1-4H3,(H,29,30)(H,31,33). The van der Waals surface area contributed by atoms with E-state index in [2.05, 4.69) is 15.3 Å². The summed E-state index contributed by atoms with van der Waals surface area (Å²) in [6.45, 7) is 7.06. The molecule has 0 aliphatic carbocycles. The van der Waals surface area contributed by atoms with Crippen molar-refractivity contribution in [2.75, 3.05) is 11.9 Å². The molecule has 0 fully saturated rings. The second-order valence-corrected chi connectivity index (χ2v) is 8.80. The van der Waals surface area contributed by atoms with Gasteiger partial charge in [-0.1, -0.05) is 0 Å². The highest BCUT2D eigenvalue weighted by molar-refractivity contribution is 5.99. The van der Waals surface area contributed by atoms with Gasteiger partial charge in [0.25, 0.3) is 5.91 Å². The van der Waals surface area contributed by atoms with Gasteiger partial charge in [-0.15, -0.1) is 0 Å². The van der Waals surface area contributed by atoms with E-state index in [0.29, 0.717) is 30.0 Å². The van der Waals surface area contributed by atoms with Crippen molar-refractivity contribution < 1.29 is 23.1 Å². The molecule has 1 amide bonds. The van der Waals surface area contributed by atoms with Crippen molar-refractivity contribution in [1.29, 1.82) is 0 Å². The Kier molecular flexibility index (Phi) is 5.97. The maximum atomic E-state index is 15.1. The first-order valence-electron chi connectivity index (χ1n) is 10.9. The number of benzene rings is 1. The summed E-state index contributed by atoms with van der Waals surface area (Å²) in [5, 5.41) is 13.0. The molecule has 178 valence electrons. The number of aromatic nitrogens is 2. The zero-order chi connectivity index (χ0) is 24.8. The zero-order valence-corrected chi connectivity index (χ0v) is 19.3. The van der Waals surface area contributed by atoms with Crippen LogP contribution in [0.2, 0.25) is 0 Å². The molecule has 3 heterocycles. The van der Waals surface area contributed by atoms with Crippen molar-refractivity contribution in [2.24, 2.45) is 0 Å². The predicted octanol–water partition coefficient (Wildman–Crippen LogP) is 5.48. The van der Waals surface area contributed by atoms with E-state index in [0.717, 1.165) is 18.2 Å². The summed E-state index contributed by atoms with van der Waals surface area (Å²) in [6.07, 6.45) is 1.50. The molecule has 34 heavy (non-hydrogen) atoms. The number of halogens is 3. The lowest BCUT2D eigenvalue weighted by Gasteiger charge is -2.19. The minimum absolute atomic E-state index is 0.0449. The van der Waals surface area contributed by atoms with E-state index >= 15 is 8.78 Å². The largest absolute Gasteiger partial charge is 0.493 e. The van der Waals surface area contributed by atoms with Crippen molar-refractivity contribution in [3.63, 3.8) is 0 Å². The Labute approximate surface area is 195 Å². The highest BCUT2D eigenvalue weighted by Crippen LogP contribution is 2.35. The molecule has 0 bridgehead atoms. The van der Waals surface area contributed by atoms with Crippen LogP contribution < -0.4 is 5.32 Å². The fourth-order valence-electron chi connectivity index (χ4n) is 4.04. The number of amides is 1. The number of fused-ring (bicyclic) bond motifs is 1. The summed E-state index contributed by atoms with van der Waals surface area (Å²) >= 11 is 0. The number of carbonyl (C=O) groups excluding carboxylic acids is 1. The molecule has 0 saturated carbocycles. The number of nitrogens with zero attached hydrogens (tertiary/aromatic N) is 3. The maximum absolute atomic E-state index is 15.1. The third-order valence-electron chi connectivity index (χ3n) is 5.98. The zero-order valence-electron chi connectivity index (χ0n) is 19.3. The number of rotatable bonds is 6. The third-order valence-corrected chi connectivity index (χ3v) is 5.98. The SMILES string of the molecule is CCN1Cc2c(ccnc2NC(C)c2cc(F)c(-c3cc(C(C)(C)F)cc(O)n3)cc2F)C1=O. The van der Waals surface area contributed by atoms with Gasteiger partial charge in [-0.3, -0.25) is 4.79 Å². The van der Waals surface area contributed by atoms with E-state index in [-0.39, 0.29) is 28.3 Å². The molecule has 1 aliphatic heterocycles. The Hall–Kier alpha value is -3.62. The van der Waals surface area contributed by atoms with Crippen molar-refractivity contribution in [2.45, 2.75) is 46.0 Å². The molecule has 4 rings (SSSR count). The first-order valence-corrected chi connectivity index (χ1v) is 10.9. The van der Waals surface area contributed by atoms with Crippen LogP contribution in [0.4, 0.5) is 19.0 Å². The minimum Gasteiger partial charge on any atom is -0.493 e. The summed E-state index contributed by atoms with van der Waals surface area (Å²) in [7, 11) is 0. The Balaban J connectivity index is 1.66. The average Bonchev–Trinajstić information content (AvgIpc) is 3.10. The number of hydrogen-bond donors (Lipinski definition) is 2. The van der Waals surface area contributed by atoms with Crippen LogP contribution in [-0.2, 0) is 12.2 Å². The molecule has 0 radical (unpaired) electrons. The van der Waals surface area contributed by atoms with Crippen molar-refractivity contribution in [3.05, 3.63) is 70.4 Å². The molecule has 1 aromatic carbocycles. The lowest BCUT2D eigenvalue weighted by Crippen LogP contribution is -2.22. The Bertz CT molecular complexity index is 1270. The molecule has 1 aliphatic rings. The van der Waals surface area contributed by atoms with Gasteiger partial charge in [0, 0.05) is 41.1 Å². The van der Waals surface area contributed by atoms with Gasteiger partial charge >= 0.3 is 0 Å². The topological polar surface area (TPSA) is 78.3 Å². The van der Waals surface area contributed by atoms with Gasteiger partial charge in [0.15, 0.2) is 0 Å². The summed E-state index contributed by atoms with van der Waals surface area (Å²) in [6, 6.07) is 5.42. The highest BCUT2D eigenvalue weighted by Gasteiger charge is 2.30. The Morgan fingerprint density at radius 1 is 1.18 bits per heavy atom. The van der Waals surface area contributed by atoms with Crippen molar-refractivity contribution >= 4 is 11.7 Å². The molecule has 6 nitrogen and oxygen atoms in total. The van der Waals surface area contributed by atoms with Gasteiger partial charge in [-0.25, -0.2) is 23.1 Å². The molecule has 2 aromatic heterocycles. The molecule has 9 heteroatoms. The van der Waals surface area contributed by atoms with Gasteiger partial charge in [-0.05, 0) is 57.5 Å². The number of nitrogens with one attached hydrogen (secondary N) is 1. The molecule has 2 N–H and O–H groups in total. The van der Waals surface area contributed by atoms with Crippen LogP contribution in [0.3, 0.4) is 0 Å². The van der Waals surface area contributed by atoms with E-state index in [4.69, 9.17) is 0 Å². The van der Waals surface area contributed by atoms with Crippen LogP contribution in [0, 0.1) is 11.6 Å². The number of pyridine rings is 2. The first-order chi connectivity index (χ1) is 16.0. The normalized spacial score (nSPS) is 14.3. The van der Waals surface area contributed by atoms with E-state index in [1.165, 1.54) is 26.1 Å². The number of hydrogen-bond acceptors (Lipinski definition) is 5. The van der Waals surface area contributed by atoms with Gasteiger partial charge in [0.05, 0.1) is 18.3 Å². The smallest absolute Gasteiger partial charge is 0.254 e. The molecule has 0 spiro atoms. The molecule has 1 unspecified atom stereocenters. The molecule has 0 saturated heterocycles. The summed E-state index contributed by atoms with van der Waals surface area (Å²) in [5.41, 5.74) is -0.695. The van der Waals surface area contributed by atoms with Gasteiger partial charge in [0.1, 0.15) is 23.1 Å². The van der Waals surface area contributed by atoms with Crippen LogP contribution in [0.15, 0.2) is 36.5 Å². The number of aromatic hydroxyl groups is 1. The van der Waals surface area contributed by atoms with Gasteiger partial charge < -0.3 is 15.3 Å². The number of carbonyl (C=O) groups is 1. The van der Waals surface area contributed by atoms with E-state index in [1.54, 1.807) is 17.9 Å². The van der Waals surface area contributed by atoms with Crippen LogP contribution in [-0.4, -0.2) is 32.4 Å². The van der Waals surface area contributed by atoms with Crippen LogP contribution in [0.1, 0.15) is 60.8 Å². The fourth-order valence-corrected chi connectivity index (χ4v) is 4.04. The van der Waals surface area contributed by atoms with Crippen LogP contribution >= 0.6 is 0 Å². The third kappa shape index (κ3) is 4.30. The maximum Gasteiger partial charge on any atom is 0.254 e. The first kappa shape index (κ1) is 23.5. The fraction of sp³-hybridized carbons (Fsp3) is 0.320. The quantitative estimate of drug-likeness (QED) is 0.499. The van der Waals surface area contributed by atoms with E-state index in [9.17, 15) is 14.3 Å². The predicted molar refractivity (Wildman–Crippen MR) is 122 cm³/mol. The van der Waals surface area contributed by atoms with Gasteiger partial charge in [-0.2, -0.15) is 0 Å². The summed E-state index contributed by atoms with van der Waals surface area (Å²) in [4.78, 5) is 22.2. The highest BCUT2D eigenvalue weighted by atomic mass is 19.1. The van der Waals surface area contributed by atoms with Crippen LogP contribution in [0.25, 0.3) is 11.3 Å². The van der Waals surface area contributed by atoms with Gasteiger partial charge in [0.2, 0.25) is 5.88 Å². The summed E-state index contributed by atoms with van der Waals surface area (Å²) in [5.74, 6) is -1.63. The van der Waals surface area contributed by atoms with Crippen LogP contribution in [0.5, 0.6) is 5.88 Å². The van der Waals surface area contributed by atoms with Crippen molar-refractivity contribution in [1.82, 2.24) is 14.9 Å². The van der Waals surface area contributed by atoms with Crippen molar-refractivity contribution in [3.8, 4) is 17.1 Å². The second kappa shape index (κ2) is 8.62. The average molecular weight is 470 g/mol. The molecule has 3 aromatic rings. The number of alkyl halides is 1. The lowest BCUT2D eigenvalue weighted by atomic mass is 9.97. The molecular weight excluding hydrogens is 445 g/mol. The Morgan fingerprint density at radius 3 is 2.59 bits per heavy atom. The number of anilines is 1. The monoisotopic (exact) mass is 470 g/mol. The molecular formula is C25H25F3N4O2. The van der Waals surface area contributed by atoms with E-state index in [1.807, 2.05) is 6.92 Å². The Morgan fingerprint density at radius 2 is 1.91 bits per heavy atom.